The van der Waals surface area contributed by atoms with Crippen molar-refractivity contribution in [1.82, 2.24) is 10.6 Å². The topological polar surface area (TPSA) is 54.9 Å². The van der Waals surface area contributed by atoms with Gasteiger partial charge in [0.15, 0.2) is 5.96 Å². The Balaban J connectivity index is 1.52. The van der Waals surface area contributed by atoms with E-state index in [2.05, 4.69) is 52.9 Å². The third kappa shape index (κ3) is 8.36. The lowest BCUT2D eigenvalue weighted by molar-refractivity contribution is 0.0888. The molecule has 0 bridgehead atoms. The van der Waals surface area contributed by atoms with Crippen molar-refractivity contribution in [2.45, 2.75) is 38.6 Å². The highest BCUT2D eigenvalue weighted by Crippen LogP contribution is 2.12. The minimum atomic E-state index is 0.380. The van der Waals surface area contributed by atoms with Gasteiger partial charge in [-0.2, -0.15) is 0 Å². The van der Waals surface area contributed by atoms with Gasteiger partial charge in [-0.25, -0.2) is 0 Å². The maximum absolute atomic E-state index is 5.72. The first-order chi connectivity index (χ1) is 12.3. The van der Waals surface area contributed by atoms with Crippen LogP contribution >= 0.6 is 0 Å². The van der Waals surface area contributed by atoms with E-state index in [1.165, 1.54) is 5.56 Å². The average molecular weight is 348 g/mol. The quantitative estimate of drug-likeness (QED) is 0.388. The molecule has 1 aliphatic rings. The molecule has 0 amide bonds. The molecule has 5 heteroatoms. The molecular formula is C20H33N3O2. The molecule has 0 aliphatic carbocycles. The third-order valence-electron chi connectivity index (χ3n) is 4.45. The molecule has 0 aromatic heterocycles. The molecule has 2 atom stereocenters. The number of guanidine groups is 1. The zero-order valence-electron chi connectivity index (χ0n) is 15.7. The molecule has 1 saturated heterocycles. The SMILES string of the molecule is CN=C(NCCCOCC1CCOC1)NC(C)CCc1ccccc1. The third-order valence-corrected chi connectivity index (χ3v) is 4.45. The van der Waals surface area contributed by atoms with Gasteiger partial charge in [0.25, 0.3) is 0 Å². The summed E-state index contributed by atoms with van der Waals surface area (Å²) in [7, 11) is 1.82. The maximum atomic E-state index is 5.72. The number of hydrogen-bond acceptors (Lipinski definition) is 3. The van der Waals surface area contributed by atoms with Crippen LogP contribution in [0.15, 0.2) is 35.3 Å². The summed E-state index contributed by atoms with van der Waals surface area (Å²) in [4.78, 5) is 4.30. The van der Waals surface area contributed by atoms with Crippen molar-refractivity contribution in [1.29, 1.82) is 0 Å². The van der Waals surface area contributed by atoms with Crippen LogP contribution in [-0.2, 0) is 15.9 Å². The number of nitrogens with zero attached hydrogens (tertiary/aromatic N) is 1. The molecule has 1 heterocycles. The van der Waals surface area contributed by atoms with E-state index in [0.717, 1.165) is 64.6 Å². The van der Waals surface area contributed by atoms with E-state index < -0.39 is 0 Å². The van der Waals surface area contributed by atoms with Crippen LogP contribution in [0.1, 0.15) is 31.7 Å². The van der Waals surface area contributed by atoms with Gasteiger partial charge in [-0.15, -0.1) is 0 Å². The standard InChI is InChI=1S/C20H33N3O2/c1-17(9-10-18-7-4-3-5-8-18)23-20(21-2)22-12-6-13-24-15-19-11-14-25-16-19/h3-5,7-8,17,19H,6,9-16H2,1-2H3,(H2,21,22,23). The highest BCUT2D eigenvalue weighted by atomic mass is 16.5. The smallest absolute Gasteiger partial charge is 0.191 e. The Morgan fingerprint density at radius 2 is 2.20 bits per heavy atom. The van der Waals surface area contributed by atoms with Gasteiger partial charge in [0.1, 0.15) is 0 Å². The van der Waals surface area contributed by atoms with E-state index >= 15 is 0 Å². The second-order valence-electron chi connectivity index (χ2n) is 6.73. The fourth-order valence-electron chi connectivity index (χ4n) is 2.87. The summed E-state index contributed by atoms with van der Waals surface area (Å²) in [5.74, 6) is 1.46. The zero-order valence-corrected chi connectivity index (χ0v) is 15.7. The number of nitrogens with one attached hydrogen (secondary N) is 2. The normalized spacial score (nSPS) is 19.0. The summed E-state index contributed by atoms with van der Waals surface area (Å²) in [6, 6.07) is 11.0. The summed E-state index contributed by atoms with van der Waals surface area (Å²) in [5.41, 5.74) is 1.38. The van der Waals surface area contributed by atoms with Crippen LogP contribution < -0.4 is 10.6 Å². The predicted octanol–water partition coefficient (Wildman–Crippen LogP) is 2.62. The number of aliphatic imine (C=N–C) groups is 1. The minimum absolute atomic E-state index is 0.380. The van der Waals surface area contributed by atoms with E-state index in [0.29, 0.717) is 12.0 Å². The number of aryl methyl sites for hydroxylation is 1. The van der Waals surface area contributed by atoms with E-state index in [-0.39, 0.29) is 0 Å². The maximum Gasteiger partial charge on any atom is 0.191 e. The van der Waals surface area contributed by atoms with Crippen LogP contribution in [0.2, 0.25) is 0 Å². The molecule has 1 fully saturated rings. The monoisotopic (exact) mass is 347 g/mol. The lowest BCUT2D eigenvalue weighted by atomic mass is 10.1. The summed E-state index contributed by atoms with van der Waals surface area (Å²) in [6.45, 7) is 6.41. The lowest BCUT2D eigenvalue weighted by Crippen LogP contribution is -2.42. The Morgan fingerprint density at radius 1 is 1.36 bits per heavy atom. The molecule has 1 aromatic carbocycles. The number of benzene rings is 1. The van der Waals surface area contributed by atoms with E-state index in [1.54, 1.807) is 0 Å². The molecule has 2 N–H and O–H groups in total. The molecule has 140 valence electrons. The summed E-state index contributed by atoms with van der Waals surface area (Å²) in [5, 5.41) is 6.82. The number of hydrogen-bond donors (Lipinski definition) is 2. The summed E-state index contributed by atoms with van der Waals surface area (Å²) in [6.07, 6.45) is 4.27. The first kappa shape index (κ1) is 19.7. The van der Waals surface area contributed by atoms with Gasteiger partial charge in [-0.3, -0.25) is 4.99 Å². The molecule has 25 heavy (non-hydrogen) atoms. The molecule has 0 radical (unpaired) electrons. The largest absolute Gasteiger partial charge is 0.381 e. The zero-order chi connectivity index (χ0) is 17.7. The Morgan fingerprint density at radius 3 is 2.92 bits per heavy atom. The molecule has 2 unspecified atom stereocenters. The van der Waals surface area contributed by atoms with Crippen LogP contribution in [0.5, 0.6) is 0 Å². The predicted molar refractivity (Wildman–Crippen MR) is 103 cm³/mol. The van der Waals surface area contributed by atoms with Gasteiger partial charge in [-0.1, -0.05) is 30.3 Å². The Labute approximate surface area is 152 Å². The van der Waals surface area contributed by atoms with E-state index in [1.807, 2.05) is 7.05 Å². The lowest BCUT2D eigenvalue weighted by Gasteiger charge is -2.18. The van der Waals surface area contributed by atoms with Gasteiger partial charge in [0.2, 0.25) is 0 Å². The fourth-order valence-corrected chi connectivity index (χ4v) is 2.87. The molecule has 0 spiro atoms. The van der Waals surface area contributed by atoms with Gasteiger partial charge in [0, 0.05) is 38.8 Å². The average Bonchev–Trinajstić information content (AvgIpc) is 3.16. The number of rotatable bonds is 10. The van der Waals surface area contributed by atoms with Crippen LogP contribution in [0.4, 0.5) is 0 Å². The van der Waals surface area contributed by atoms with Gasteiger partial charge in [0.05, 0.1) is 13.2 Å². The first-order valence-electron chi connectivity index (χ1n) is 9.44. The van der Waals surface area contributed by atoms with Crippen molar-refractivity contribution in [2.75, 3.05) is 40.0 Å². The second-order valence-corrected chi connectivity index (χ2v) is 6.73. The molecular weight excluding hydrogens is 314 g/mol. The second kappa shape index (κ2) is 11.9. The van der Waals surface area contributed by atoms with Gasteiger partial charge in [-0.05, 0) is 38.2 Å². The van der Waals surface area contributed by atoms with Crippen molar-refractivity contribution < 1.29 is 9.47 Å². The van der Waals surface area contributed by atoms with Crippen molar-refractivity contribution in [3.05, 3.63) is 35.9 Å². The van der Waals surface area contributed by atoms with Crippen LogP contribution in [0.25, 0.3) is 0 Å². The molecule has 0 saturated carbocycles. The Hall–Kier alpha value is -1.59. The Bertz CT molecular complexity index is 487. The van der Waals surface area contributed by atoms with E-state index in [4.69, 9.17) is 9.47 Å². The summed E-state index contributed by atoms with van der Waals surface area (Å²) < 4.78 is 11.1. The van der Waals surface area contributed by atoms with Crippen molar-refractivity contribution >= 4 is 5.96 Å². The van der Waals surface area contributed by atoms with Gasteiger partial charge >= 0.3 is 0 Å². The van der Waals surface area contributed by atoms with Crippen LogP contribution in [0.3, 0.4) is 0 Å². The molecule has 2 rings (SSSR count). The van der Waals surface area contributed by atoms with Gasteiger partial charge < -0.3 is 20.1 Å². The Kier molecular flexibility index (Phi) is 9.37. The van der Waals surface area contributed by atoms with Crippen molar-refractivity contribution in [2.24, 2.45) is 10.9 Å². The van der Waals surface area contributed by atoms with Crippen LogP contribution in [0, 0.1) is 5.92 Å². The number of ether oxygens (including phenoxy) is 2. The molecule has 1 aromatic rings. The van der Waals surface area contributed by atoms with Crippen molar-refractivity contribution in [3.63, 3.8) is 0 Å². The van der Waals surface area contributed by atoms with Crippen molar-refractivity contribution in [3.8, 4) is 0 Å². The molecule has 1 aliphatic heterocycles. The van der Waals surface area contributed by atoms with Crippen LogP contribution in [-0.4, -0.2) is 52.0 Å². The fraction of sp³-hybridized carbons (Fsp3) is 0.650. The van der Waals surface area contributed by atoms with E-state index in [9.17, 15) is 0 Å². The highest BCUT2D eigenvalue weighted by Gasteiger charge is 2.15. The summed E-state index contributed by atoms with van der Waals surface area (Å²) >= 11 is 0. The minimum Gasteiger partial charge on any atom is -0.381 e. The molecule has 5 nitrogen and oxygen atoms in total. The first-order valence-corrected chi connectivity index (χ1v) is 9.44. The highest BCUT2D eigenvalue weighted by molar-refractivity contribution is 5.79.